The average molecular weight is 598 g/mol. The predicted molar refractivity (Wildman–Crippen MR) is 158 cm³/mol. The van der Waals surface area contributed by atoms with Gasteiger partial charge in [0.05, 0.1) is 18.3 Å². The Morgan fingerprint density at radius 2 is 1.76 bits per heavy atom. The fourth-order valence-electron chi connectivity index (χ4n) is 5.33. The topological polar surface area (TPSA) is 132 Å². The number of hydrogen-bond donors (Lipinski definition) is 1. The molecule has 5 rings (SSSR count). The molecule has 0 spiro atoms. The van der Waals surface area contributed by atoms with E-state index in [1.54, 1.807) is 23.3 Å². The minimum absolute atomic E-state index is 0.00532. The molecule has 0 radical (unpaired) electrons. The summed E-state index contributed by atoms with van der Waals surface area (Å²) in [5.41, 5.74) is 0. The van der Waals surface area contributed by atoms with Crippen molar-refractivity contribution in [3.63, 3.8) is 0 Å². The Hall–Kier alpha value is -3.71. The maximum atomic E-state index is 13.5. The van der Waals surface area contributed by atoms with E-state index in [0.717, 1.165) is 25.7 Å². The SMILES string of the molecule is CCCCCCCCS(=O)(=O)N1CCN(c2cc(-n3ccnc3)ncn2)CC1CC(=O)NCC1Oc2ccccc2O1. The van der Waals surface area contributed by atoms with Crippen molar-refractivity contribution in [1.29, 1.82) is 0 Å². The van der Waals surface area contributed by atoms with Crippen molar-refractivity contribution in [2.45, 2.75) is 64.2 Å². The van der Waals surface area contributed by atoms with Crippen LogP contribution in [0.2, 0.25) is 0 Å². The normalized spacial score (nSPS) is 17.5. The van der Waals surface area contributed by atoms with Gasteiger partial charge in [-0.25, -0.2) is 23.4 Å². The van der Waals surface area contributed by atoms with Crippen LogP contribution in [0.3, 0.4) is 0 Å². The Morgan fingerprint density at radius 3 is 2.50 bits per heavy atom. The third kappa shape index (κ3) is 7.57. The van der Waals surface area contributed by atoms with Gasteiger partial charge in [-0.3, -0.25) is 9.36 Å². The van der Waals surface area contributed by atoms with Crippen LogP contribution in [0.1, 0.15) is 51.9 Å². The summed E-state index contributed by atoms with van der Waals surface area (Å²) in [5.74, 6) is 2.39. The second-order valence-corrected chi connectivity index (χ2v) is 12.7. The van der Waals surface area contributed by atoms with Gasteiger partial charge in [0.25, 0.3) is 6.29 Å². The molecule has 42 heavy (non-hydrogen) atoms. The largest absolute Gasteiger partial charge is 0.449 e. The van der Waals surface area contributed by atoms with Gasteiger partial charge in [-0.15, -0.1) is 0 Å². The number of para-hydroxylation sites is 2. The fourth-order valence-corrected chi connectivity index (χ4v) is 7.08. The molecule has 1 atom stereocenters. The van der Waals surface area contributed by atoms with Crippen molar-refractivity contribution in [3.8, 4) is 17.3 Å². The van der Waals surface area contributed by atoms with Gasteiger partial charge in [-0.1, -0.05) is 51.2 Å². The zero-order valence-corrected chi connectivity index (χ0v) is 24.8. The van der Waals surface area contributed by atoms with Crippen molar-refractivity contribution in [2.75, 3.05) is 36.8 Å². The summed E-state index contributed by atoms with van der Waals surface area (Å²) in [5, 5.41) is 2.87. The number of piperazine rings is 1. The molecule has 2 aromatic heterocycles. The lowest BCUT2D eigenvalue weighted by Gasteiger charge is -2.41. The lowest BCUT2D eigenvalue weighted by molar-refractivity contribution is -0.123. The van der Waals surface area contributed by atoms with E-state index in [1.807, 2.05) is 35.2 Å². The summed E-state index contributed by atoms with van der Waals surface area (Å²) in [4.78, 5) is 28.0. The molecule has 2 aliphatic rings. The highest BCUT2D eigenvalue weighted by Gasteiger charge is 2.37. The van der Waals surface area contributed by atoms with Crippen molar-refractivity contribution < 1.29 is 22.7 Å². The molecule has 1 fully saturated rings. The molecule has 1 saturated heterocycles. The Morgan fingerprint density at radius 1 is 1.02 bits per heavy atom. The molecule has 1 amide bonds. The second-order valence-electron chi connectivity index (χ2n) is 10.6. The number of fused-ring (bicyclic) bond motifs is 1. The lowest BCUT2D eigenvalue weighted by Crippen LogP contribution is -2.57. The molecule has 226 valence electrons. The minimum atomic E-state index is -3.55. The number of aromatic nitrogens is 4. The molecule has 12 nitrogen and oxygen atoms in total. The second kappa shape index (κ2) is 14.0. The quantitative estimate of drug-likeness (QED) is 0.278. The van der Waals surface area contributed by atoms with Crippen LogP contribution in [0.4, 0.5) is 5.82 Å². The van der Waals surface area contributed by atoms with Gasteiger partial charge >= 0.3 is 0 Å². The smallest absolute Gasteiger partial charge is 0.258 e. The van der Waals surface area contributed by atoms with Crippen LogP contribution in [0.5, 0.6) is 11.5 Å². The number of benzene rings is 1. The van der Waals surface area contributed by atoms with Crippen LogP contribution in [0.25, 0.3) is 5.82 Å². The number of ether oxygens (including phenoxy) is 2. The van der Waals surface area contributed by atoms with Crippen molar-refractivity contribution in [3.05, 3.63) is 55.4 Å². The molecule has 0 aliphatic carbocycles. The predicted octanol–water partition coefficient (Wildman–Crippen LogP) is 3.15. The number of rotatable bonds is 14. The highest BCUT2D eigenvalue weighted by atomic mass is 32.2. The number of carbonyl (C=O) groups excluding carboxylic acids is 1. The van der Waals surface area contributed by atoms with E-state index in [9.17, 15) is 13.2 Å². The first-order valence-corrected chi connectivity index (χ1v) is 16.3. The van der Waals surface area contributed by atoms with E-state index < -0.39 is 22.4 Å². The van der Waals surface area contributed by atoms with Gasteiger partial charge in [0.2, 0.25) is 15.9 Å². The molecule has 1 N–H and O–H groups in total. The summed E-state index contributed by atoms with van der Waals surface area (Å²) in [7, 11) is -3.55. The first-order valence-electron chi connectivity index (χ1n) is 14.7. The Balaban J connectivity index is 1.24. The van der Waals surface area contributed by atoms with Gasteiger partial charge in [0.1, 0.15) is 24.3 Å². The number of amides is 1. The molecular weight excluding hydrogens is 558 g/mol. The molecule has 2 aliphatic heterocycles. The monoisotopic (exact) mass is 597 g/mol. The first kappa shape index (κ1) is 29.8. The molecule has 1 unspecified atom stereocenters. The Labute approximate surface area is 247 Å². The number of nitrogens with one attached hydrogen (secondary N) is 1. The molecule has 4 heterocycles. The number of hydrogen-bond acceptors (Lipinski definition) is 9. The van der Waals surface area contributed by atoms with Gasteiger partial charge in [-0.2, -0.15) is 4.31 Å². The highest BCUT2D eigenvalue weighted by molar-refractivity contribution is 7.89. The zero-order valence-electron chi connectivity index (χ0n) is 24.0. The number of anilines is 1. The lowest BCUT2D eigenvalue weighted by atomic mass is 10.1. The van der Waals surface area contributed by atoms with E-state index >= 15 is 0 Å². The molecule has 0 saturated carbocycles. The molecule has 3 aromatic rings. The minimum Gasteiger partial charge on any atom is -0.449 e. The van der Waals surface area contributed by atoms with Gasteiger partial charge in [-0.05, 0) is 18.6 Å². The number of imidazole rings is 1. The number of nitrogens with zero attached hydrogens (tertiary/aromatic N) is 6. The molecular formula is C29H39N7O5S. The van der Waals surface area contributed by atoms with Crippen LogP contribution >= 0.6 is 0 Å². The van der Waals surface area contributed by atoms with Crippen LogP contribution < -0.4 is 19.7 Å². The van der Waals surface area contributed by atoms with Gasteiger partial charge in [0.15, 0.2) is 11.5 Å². The number of carbonyl (C=O) groups is 1. The van der Waals surface area contributed by atoms with E-state index in [0.29, 0.717) is 42.6 Å². The summed E-state index contributed by atoms with van der Waals surface area (Å²) in [6.07, 6.45) is 11.9. The summed E-state index contributed by atoms with van der Waals surface area (Å²) >= 11 is 0. The standard InChI is InChI=1S/C29H39N7O5S/c1-2-3-4-5-6-9-16-42(38,39)36-15-14-34(26-18-27(33-21-32-26)35-13-12-30-22-35)20-23(36)17-28(37)31-19-29-40-24-10-7-8-11-25(24)41-29/h7-8,10-13,18,21-23,29H,2-6,9,14-17,19-20H2,1H3,(H,31,37). The van der Waals surface area contributed by atoms with Crippen LogP contribution in [0, 0.1) is 0 Å². The Bertz CT molecular complexity index is 1390. The number of unbranched alkanes of at least 4 members (excludes halogenated alkanes) is 5. The van der Waals surface area contributed by atoms with E-state index in [1.165, 1.54) is 17.1 Å². The maximum absolute atomic E-state index is 13.5. The molecule has 13 heteroatoms. The van der Waals surface area contributed by atoms with Crippen LogP contribution in [-0.4, -0.2) is 82.4 Å². The third-order valence-electron chi connectivity index (χ3n) is 7.53. The van der Waals surface area contributed by atoms with Gasteiger partial charge < -0.3 is 19.7 Å². The third-order valence-corrected chi connectivity index (χ3v) is 9.53. The molecule has 0 bridgehead atoms. The van der Waals surface area contributed by atoms with Crippen molar-refractivity contribution >= 4 is 21.7 Å². The van der Waals surface area contributed by atoms with Crippen LogP contribution in [-0.2, 0) is 14.8 Å². The van der Waals surface area contributed by atoms with Crippen molar-refractivity contribution in [1.82, 2.24) is 29.1 Å². The summed E-state index contributed by atoms with van der Waals surface area (Å²) in [6.45, 7) is 3.36. The van der Waals surface area contributed by atoms with Gasteiger partial charge in [0, 0.05) is 44.5 Å². The van der Waals surface area contributed by atoms with E-state index in [2.05, 4.69) is 27.2 Å². The zero-order chi connectivity index (χ0) is 29.4. The van der Waals surface area contributed by atoms with Crippen molar-refractivity contribution in [2.24, 2.45) is 0 Å². The van der Waals surface area contributed by atoms with E-state index in [4.69, 9.17) is 9.47 Å². The van der Waals surface area contributed by atoms with E-state index in [-0.39, 0.29) is 31.2 Å². The highest BCUT2D eigenvalue weighted by Crippen LogP contribution is 2.33. The maximum Gasteiger partial charge on any atom is 0.258 e. The number of sulfonamides is 1. The summed E-state index contributed by atoms with van der Waals surface area (Å²) < 4.78 is 41.8. The average Bonchev–Trinajstić information content (AvgIpc) is 3.68. The Kier molecular flexibility index (Phi) is 9.90. The van der Waals surface area contributed by atoms with Crippen LogP contribution in [0.15, 0.2) is 55.4 Å². The fraction of sp³-hybridized carbons (Fsp3) is 0.517. The first-order chi connectivity index (χ1) is 20.4. The molecule has 1 aromatic carbocycles. The summed E-state index contributed by atoms with van der Waals surface area (Å²) in [6, 6.07) is 8.61.